The van der Waals surface area contributed by atoms with E-state index in [0.29, 0.717) is 25.0 Å². The molecule has 1 saturated carbocycles. The van der Waals surface area contributed by atoms with Crippen LogP contribution in [0.3, 0.4) is 0 Å². The zero-order valence-electron chi connectivity index (χ0n) is 12.7. The van der Waals surface area contributed by atoms with Crippen molar-refractivity contribution in [2.45, 2.75) is 43.7 Å². The van der Waals surface area contributed by atoms with Crippen molar-refractivity contribution in [3.8, 4) is 0 Å². The Bertz CT molecular complexity index is 599. The molecule has 1 atom stereocenters. The number of aryl methyl sites for hydroxylation is 1. The van der Waals surface area contributed by atoms with Crippen molar-refractivity contribution >= 4 is 11.8 Å². The third kappa shape index (κ3) is 4.09. The maximum Gasteiger partial charge on any atom is 0.191 e. The van der Waals surface area contributed by atoms with E-state index < -0.39 is 6.10 Å². The van der Waals surface area contributed by atoms with E-state index in [1.807, 2.05) is 37.3 Å². The van der Waals surface area contributed by atoms with E-state index in [-0.39, 0.29) is 0 Å². The zero-order chi connectivity index (χ0) is 15.4. The van der Waals surface area contributed by atoms with Crippen LogP contribution in [0, 0.1) is 6.92 Å². The van der Waals surface area contributed by atoms with Gasteiger partial charge in [0.15, 0.2) is 5.16 Å². The Labute approximate surface area is 134 Å². The second-order valence-electron chi connectivity index (χ2n) is 5.60. The van der Waals surface area contributed by atoms with Crippen LogP contribution in [0.2, 0.25) is 0 Å². The van der Waals surface area contributed by atoms with E-state index in [4.69, 9.17) is 4.74 Å². The van der Waals surface area contributed by atoms with E-state index in [1.165, 1.54) is 12.8 Å². The van der Waals surface area contributed by atoms with Gasteiger partial charge in [0, 0.05) is 11.8 Å². The molecule has 0 bridgehead atoms. The number of nitrogens with zero attached hydrogens (tertiary/aromatic N) is 3. The number of rotatable bonds is 8. The van der Waals surface area contributed by atoms with Crippen LogP contribution in [-0.4, -0.2) is 38.3 Å². The van der Waals surface area contributed by atoms with E-state index in [2.05, 4.69) is 14.8 Å². The molecule has 118 valence electrons. The molecule has 0 radical (unpaired) electrons. The highest BCUT2D eigenvalue weighted by molar-refractivity contribution is 7.99. The largest absolute Gasteiger partial charge is 0.390 e. The monoisotopic (exact) mass is 319 g/mol. The highest BCUT2D eigenvalue weighted by Gasteiger charge is 2.28. The maximum absolute atomic E-state index is 10.0. The summed E-state index contributed by atoms with van der Waals surface area (Å²) in [4.78, 5) is 0. The summed E-state index contributed by atoms with van der Waals surface area (Å²) in [6.45, 7) is 2.84. The Hall–Kier alpha value is -1.37. The quantitative estimate of drug-likeness (QED) is 0.758. The van der Waals surface area contributed by atoms with Crippen LogP contribution in [0.4, 0.5) is 0 Å². The van der Waals surface area contributed by atoms with Crippen molar-refractivity contribution in [2.75, 3.05) is 12.4 Å². The second-order valence-corrected chi connectivity index (χ2v) is 6.58. The van der Waals surface area contributed by atoms with E-state index in [1.54, 1.807) is 11.8 Å². The molecule has 0 spiro atoms. The summed E-state index contributed by atoms with van der Waals surface area (Å²) >= 11 is 1.55. The topological polar surface area (TPSA) is 60.2 Å². The molecule has 22 heavy (non-hydrogen) atoms. The average Bonchev–Trinajstić information content (AvgIpc) is 3.29. The fourth-order valence-electron chi connectivity index (χ4n) is 2.31. The fraction of sp³-hybridized carbons (Fsp3) is 0.500. The fourth-order valence-corrected chi connectivity index (χ4v) is 3.26. The minimum Gasteiger partial charge on any atom is -0.390 e. The van der Waals surface area contributed by atoms with Gasteiger partial charge in [-0.1, -0.05) is 42.1 Å². The minimum atomic E-state index is -0.502. The Kier molecular flexibility index (Phi) is 5.12. The van der Waals surface area contributed by atoms with Crippen LogP contribution in [0.15, 0.2) is 35.5 Å². The van der Waals surface area contributed by atoms with Gasteiger partial charge in [0.25, 0.3) is 0 Å². The number of benzene rings is 1. The van der Waals surface area contributed by atoms with Gasteiger partial charge in [-0.3, -0.25) is 0 Å². The Morgan fingerprint density at radius 2 is 2.09 bits per heavy atom. The molecule has 3 rings (SSSR count). The zero-order valence-corrected chi connectivity index (χ0v) is 13.5. The highest BCUT2D eigenvalue weighted by atomic mass is 32.2. The first kappa shape index (κ1) is 15.5. The third-order valence-corrected chi connectivity index (χ3v) is 4.66. The molecular weight excluding hydrogens is 298 g/mol. The number of ether oxygens (including phenoxy) is 1. The van der Waals surface area contributed by atoms with Crippen LogP contribution in [-0.2, 0) is 11.3 Å². The first-order valence-corrected chi connectivity index (χ1v) is 8.56. The van der Waals surface area contributed by atoms with Crippen molar-refractivity contribution in [1.82, 2.24) is 14.8 Å². The Balaban J connectivity index is 1.42. The van der Waals surface area contributed by atoms with Crippen molar-refractivity contribution in [3.63, 3.8) is 0 Å². The summed E-state index contributed by atoms with van der Waals surface area (Å²) in [6.07, 6.45) is 1.91. The predicted molar refractivity (Wildman–Crippen MR) is 85.9 cm³/mol. The van der Waals surface area contributed by atoms with Gasteiger partial charge in [-0.15, -0.1) is 10.2 Å². The van der Waals surface area contributed by atoms with Gasteiger partial charge in [-0.2, -0.15) is 0 Å². The Morgan fingerprint density at radius 3 is 2.82 bits per heavy atom. The summed E-state index contributed by atoms with van der Waals surface area (Å²) in [5.74, 6) is 1.53. The van der Waals surface area contributed by atoms with Gasteiger partial charge in [0.05, 0.1) is 19.3 Å². The number of thioether (sulfide) groups is 1. The molecule has 0 saturated heterocycles. The van der Waals surface area contributed by atoms with Crippen molar-refractivity contribution in [1.29, 1.82) is 0 Å². The van der Waals surface area contributed by atoms with Crippen LogP contribution < -0.4 is 0 Å². The lowest BCUT2D eigenvalue weighted by molar-refractivity contribution is 0.0397. The predicted octanol–water partition coefficient (Wildman–Crippen LogP) is 2.59. The summed E-state index contributed by atoms with van der Waals surface area (Å²) in [5.41, 5.74) is 1.12. The lowest BCUT2D eigenvalue weighted by atomic mass is 10.2. The van der Waals surface area contributed by atoms with Gasteiger partial charge < -0.3 is 14.4 Å². The van der Waals surface area contributed by atoms with Gasteiger partial charge in [0.2, 0.25) is 0 Å². The molecule has 1 aliphatic carbocycles. The molecule has 1 aliphatic rings. The third-order valence-electron chi connectivity index (χ3n) is 3.57. The standard InChI is InChI=1S/C16H21N3O2S/c1-12-17-18-16(19(12)14-7-8-14)22-11-15(20)10-21-9-13-5-3-2-4-6-13/h2-6,14-15,20H,7-11H2,1H3. The number of hydrogen-bond acceptors (Lipinski definition) is 5. The Morgan fingerprint density at radius 1 is 1.32 bits per heavy atom. The van der Waals surface area contributed by atoms with Crippen LogP contribution >= 0.6 is 11.8 Å². The summed E-state index contributed by atoms with van der Waals surface area (Å²) in [7, 11) is 0. The first-order chi connectivity index (χ1) is 10.7. The van der Waals surface area contributed by atoms with Crippen LogP contribution in [0.1, 0.15) is 30.3 Å². The molecule has 1 N–H and O–H groups in total. The van der Waals surface area contributed by atoms with Crippen molar-refractivity contribution < 1.29 is 9.84 Å². The van der Waals surface area contributed by atoms with E-state index in [0.717, 1.165) is 16.5 Å². The molecule has 1 heterocycles. The average molecular weight is 319 g/mol. The van der Waals surface area contributed by atoms with Crippen molar-refractivity contribution in [3.05, 3.63) is 41.7 Å². The SMILES string of the molecule is Cc1nnc(SCC(O)COCc2ccccc2)n1C1CC1. The molecule has 0 aliphatic heterocycles. The van der Waals surface area contributed by atoms with Crippen molar-refractivity contribution in [2.24, 2.45) is 0 Å². The molecular formula is C16H21N3O2S. The smallest absolute Gasteiger partial charge is 0.191 e. The normalized spacial score (nSPS) is 15.9. The summed E-state index contributed by atoms with van der Waals surface area (Å²) < 4.78 is 7.74. The van der Waals surface area contributed by atoms with Gasteiger partial charge in [-0.25, -0.2) is 0 Å². The number of hydrogen-bond donors (Lipinski definition) is 1. The van der Waals surface area contributed by atoms with Gasteiger partial charge in [-0.05, 0) is 25.3 Å². The number of aliphatic hydroxyl groups excluding tert-OH is 1. The second kappa shape index (κ2) is 7.26. The lowest BCUT2D eigenvalue weighted by Gasteiger charge is -2.11. The highest BCUT2D eigenvalue weighted by Crippen LogP contribution is 2.38. The van der Waals surface area contributed by atoms with Gasteiger partial charge >= 0.3 is 0 Å². The summed E-state index contributed by atoms with van der Waals surface area (Å²) in [6, 6.07) is 10.5. The van der Waals surface area contributed by atoms with Crippen LogP contribution in [0.5, 0.6) is 0 Å². The molecule has 5 nitrogen and oxygen atoms in total. The molecule has 1 aromatic heterocycles. The molecule has 2 aromatic rings. The van der Waals surface area contributed by atoms with E-state index >= 15 is 0 Å². The number of aromatic nitrogens is 3. The summed E-state index contributed by atoms with van der Waals surface area (Å²) in [5, 5.41) is 19.3. The molecule has 6 heteroatoms. The molecule has 1 fully saturated rings. The maximum atomic E-state index is 10.0. The van der Waals surface area contributed by atoms with E-state index in [9.17, 15) is 5.11 Å². The lowest BCUT2D eigenvalue weighted by Crippen LogP contribution is -2.18. The number of aliphatic hydroxyl groups is 1. The first-order valence-electron chi connectivity index (χ1n) is 7.58. The molecule has 1 aromatic carbocycles. The van der Waals surface area contributed by atoms with Crippen LogP contribution in [0.25, 0.3) is 0 Å². The molecule has 1 unspecified atom stereocenters. The van der Waals surface area contributed by atoms with Gasteiger partial charge in [0.1, 0.15) is 5.82 Å². The minimum absolute atomic E-state index is 0.332. The molecule has 0 amide bonds.